The Balaban J connectivity index is 1.63. The zero-order valence-corrected chi connectivity index (χ0v) is 15.8. The summed E-state index contributed by atoms with van der Waals surface area (Å²) in [5, 5.41) is 2.93. The van der Waals surface area contributed by atoms with E-state index in [0.29, 0.717) is 5.69 Å². The SMILES string of the molecule is Cc1cccc(C)c1NC(=O)c1cnc(N(C)CCc2ccncc2)cn1. The average Bonchev–Trinajstić information content (AvgIpc) is 2.70. The van der Waals surface area contributed by atoms with E-state index in [1.807, 2.05) is 56.1 Å². The van der Waals surface area contributed by atoms with Crippen molar-refractivity contribution in [1.29, 1.82) is 0 Å². The Morgan fingerprint density at radius 1 is 1.04 bits per heavy atom. The van der Waals surface area contributed by atoms with E-state index in [4.69, 9.17) is 0 Å². The first-order chi connectivity index (χ1) is 13.0. The lowest BCUT2D eigenvalue weighted by atomic mass is 10.1. The molecule has 0 radical (unpaired) electrons. The molecule has 1 N–H and O–H groups in total. The molecule has 0 saturated heterocycles. The van der Waals surface area contributed by atoms with Crippen LogP contribution in [0.3, 0.4) is 0 Å². The van der Waals surface area contributed by atoms with Crippen molar-refractivity contribution in [2.75, 3.05) is 23.8 Å². The number of aromatic nitrogens is 3. The largest absolute Gasteiger partial charge is 0.358 e. The van der Waals surface area contributed by atoms with Crippen LogP contribution < -0.4 is 10.2 Å². The number of carbonyl (C=O) groups excluding carboxylic acids is 1. The summed E-state index contributed by atoms with van der Waals surface area (Å²) in [6, 6.07) is 9.90. The van der Waals surface area contributed by atoms with Crippen molar-refractivity contribution in [2.45, 2.75) is 20.3 Å². The molecular formula is C21H23N5O. The normalized spacial score (nSPS) is 10.5. The third-order valence-corrected chi connectivity index (χ3v) is 4.47. The van der Waals surface area contributed by atoms with Gasteiger partial charge in [0.25, 0.3) is 5.91 Å². The number of pyridine rings is 1. The van der Waals surface area contributed by atoms with Gasteiger partial charge in [-0.3, -0.25) is 9.78 Å². The van der Waals surface area contributed by atoms with Gasteiger partial charge in [-0.1, -0.05) is 18.2 Å². The molecule has 6 heteroatoms. The van der Waals surface area contributed by atoms with E-state index in [2.05, 4.69) is 20.3 Å². The summed E-state index contributed by atoms with van der Waals surface area (Å²) in [7, 11) is 1.96. The minimum Gasteiger partial charge on any atom is -0.358 e. The van der Waals surface area contributed by atoms with Crippen LogP contribution in [-0.4, -0.2) is 34.5 Å². The summed E-state index contributed by atoms with van der Waals surface area (Å²) < 4.78 is 0. The number of nitrogens with zero attached hydrogens (tertiary/aromatic N) is 4. The molecule has 6 nitrogen and oxygen atoms in total. The van der Waals surface area contributed by atoms with E-state index in [0.717, 1.165) is 35.6 Å². The molecule has 2 aromatic heterocycles. The topological polar surface area (TPSA) is 71.0 Å². The molecule has 0 bridgehead atoms. The van der Waals surface area contributed by atoms with E-state index in [-0.39, 0.29) is 5.91 Å². The molecule has 3 rings (SSSR count). The van der Waals surface area contributed by atoms with Crippen LogP contribution in [0.1, 0.15) is 27.2 Å². The van der Waals surface area contributed by atoms with Gasteiger partial charge >= 0.3 is 0 Å². The Kier molecular flexibility index (Phi) is 5.76. The van der Waals surface area contributed by atoms with Crippen molar-refractivity contribution in [2.24, 2.45) is 0 Å². The molecule has 0 spiro atoms. The Bertz CT molecular complexity index is 889. The third-order valence-electron chi connectivity index (χ3n) is 4.47. The van der Waals surface area contributed by atoms with Gasteiger partial charge in [0.1, 0.15) is 11.5 Å². The van der Waals surface area contributed by atoms with Crippen molar-refractivity contribution >= 4 is 17.4 Å². The van der Waals surface area contributed by atoms with Crippen molar-refractivity contribution < 1.29 is 4.79 Å². The van der Waals surface area contributed by atoms with Crippen molar-refractivity contribution in [1.82, 2.24) is 15.0 Å². The second kappa shape index (κ2) is 8.40. The first-order valence-corrected chi connectivity index (χ1v) is 8.84. The van der Waals surface area contributed by atoms with Gasteiger partial charge in [-0.2, -0.15) is 0 Å². The zero-order valence-electron chi connectivity index (χ0n) is 15.8. The quantitative estimate of drug-likeness (QED) is 0.728. The third kappa shape index (κ3) is 4.67. The zero-order chi connectivity index (χ0) is 19.2. The number of hydrogen-bond donors (Lipinski definition) is 1. The highest BCUT2D eigenvalue weighted by Crippen LogP contribution is 2.20. The van der Waals surface area contributed by atoms with Crippen LogP contribution >= 0.6 is 0 Å². The van der Waals surface area contributed by atoms with Crippen molar-refractivity contribution in [3.8, 4) is 0 Å². The number of para-hydroxylation sites is 1. The maximum atomic E-state index is 12.5. The molecule has 0 saturated carbocycles. The second-order valence-corrected chi connectivity index (χ2v) is 6.51. The fourth-order valence-corrected chi connectivity index (χ4v) is 2.79. The lowest BCUT2D eigenvalue weighted by Crippen LogP contribution is -2.22. The predicted molar refractivity (Wildman–Crippen MR) is 107 cm³/mol. The minimum atomic E-state index is -0.258. The molecule has 1 aromatic carbocycles. The van der Waals surface area contributed by atoms with E-state index in [1.54, 1.807) is 18.6 Å². The van der Waals surface area contributed by atoms with Crippen LogP contribution in [0.2, 0.25) is 0 Å². The molecule has 0 atom stereocenters. The van der Waals surface area contributed by atoms with Crippen LogP contribution in [0.25, 0.3) is 0 Å². The standard InChI is InChI=1S/C21H23N5O/c1-15-5-4-6-16(2)20(15)25-21(27)18-13-24-19(14-23-18)26(3)12-9-17-7-10-22-11-8-17/h4-8,10-11,13-14H,9,12H2,1-3H3,(H,25,27). The molecular weight excluding hydrogens is 338 g/mol. The molecule has 1 amide bonds. The van der Waals surface area contributed by atoms with Gasteiger partial charge < -0.3 is 10.2 Å². The first kappa shape index (κ1) is 18.5. The van der Waals surface area contributed by atoms with Crippen molar-refractivity contribution in [3.63, 3.8) is 0 Å². The fraction of sp³-hybridized carbons (Fsp3) is 0.238. The molecule has 2 heterocycles. The molecule has 0 unspecified atom stereocenters. The van der Waals surface area contributed by atoms with Gasteiger partial charge in [-0.05, 0) is 49.1 Å². The number of hydrogen-bond acceptors (Lipinski definition) is 5. The number of carbonyl (C=O) groups is 1. The highest BCUT2D eigenvalue weighted by Gasteiger charge is 2.12. The maximum Gasteiger partial charge on any atom is 0.275 e. The summed E-state index contributed by atoms with van der Waals surface area (Å²) >= 11 is 0. The summed E-state index contributed by atoms with van der Waals surface area (Å²) in [6.45, 7) is 4.73. The maximum absolute atomic E-state index is 12.5. The molecule has 27 heavy (non-hydrogen) atoms. The summed E-state index contributed by atoms with van der Waals surface area (Å²) in [6.07, 6.45) is 7.61. The number of aryl methyl sites for hydroxylation is 2. The minimum absolute atomic E-state index is 0.258. The number of amides is 1. The van der Waals surface area contributed by atoms with Gasteiger partial charge in [0, 0.05) is 31.7 Å². The average molecular weight is 361 g/mol. The van der Waals surface area contributed by atoms with Crippen LogP contribution in [0, 0.1) is 13.8 Å². The molecule has 0 aliphatic rings. The van der Waals surface area contributed by atoms with E-state index in [1.165, 1.54) is 11.8 Å². The number of likely N-dealkylation sites (N-methyl/N-ethyl adjacent to an activating group) is 1. The lowest BCUT2D eigenvalue weighted by Gasteiger charge is -2.18. The van der Waals surface area contributed by atoms with E-state index < -0.39 is 0 Å². The Morgan fingerprint density at radius 3 is 2.37 bits per heavy atom. The smallest absolute Gasteiger partial charge is 0.275 e. The number of benzene rings is 1. The predicted octanol–water partition coefficient (Wildman–Crippen LogP) is 3.42. The van der Waals surface area contributed by atoms with Crippen molar-refractivity contribution in [3.05, 3.63) is 77.5 Å². The number of anilines is 2. The van der Waals surface area contributed by atoms with Crippen LogP contribution in [0.5, 0.6) is 0 Å². The van der Waals surface area contributed by atoms with Crippen LogP contribution in [0.4, 0.5) is 11.5 Å². The molecule has 0 aliphatic carbocycles. The number of nitrogens with one attached hydrogen (secondary N) is 1. The molecule has 0 aliphatic heterocycles. The molecule has 3 aromatic rings. The Hall–Kier alpha value is -3.28. The second-order valence-electron chi connectivity index (χ2n) is 6.51. The van der Waals surface area contributed by atoms with Gasteiger partial charge in [0.05, 0.1) is 12.4 Å². The van der Waals surface area contributed by atoms with Crippen LogP contribution in [-0.2, 0) is 6.42 Å². The highest BCUT2D eigenvalue weighted by atomic mass is 16.1. The molecule has 138 valence electrons. The summed E-state index contributed by atoms with van der Waals surface area (Å²) in [5.74, 6) is 0.471. The van der Waals surface area contributed by atoms with Gasteiger partial charge in [-0.15, -0.1) is 0 Å². The monoisotopic (exact) mass is 361 g/mol. The van der Waals surface area contributed by atoms with Crippen LogP contribution in [0.15, 0.2) is 55.1 Å². The first-order valence-electron chi connectivity index (χ1n) is 8.84. The van der Waals surface area contributed by atoms with E-state index >= 15 is 0 Å². The van der Waals surface area contributed by atoms with E-state index in [9.17, 15) is 4.79 Å². The highest BCUT2D eigenvalue weighted by molar-refractivity contribution is 6.03. The Morgan fingerprint density at radius 2 is 1.74 bits per heavy atom. The number of rotatable bonds is 6. The van der Waals surface area contributed by atoms with Gasteiger partial charge in [-0.25, -0.2) is 9.97 Å². The Labute approximate surface area is 159 Å². The fourth-order valence-electron chi connectivity index (χ4n) is 2.79. The van der Waals surface area contributed by atoms with Gasteiger partial charge in [0.15, 0.2) is 0 Å². The molecule has 0 fully saturated rings. The summed E-state index contributed by atoms with van der Waals surface area (Å²) in [5.41, 5.74) is 4.37. The summed E-state index contributed by atoms with van der Waals surface area (Å²) in [4.78, 5) is 27.2. The lowest BCUT2D eigenvalue weighted by molar-refractivity contribution is 0.102. The van der Waals surface area contributed by atoms with Gasteiger partial charge in [0.2, 0.25) is 0 Å².